The minimum Gasteiger partial charge on any atom is -0.444 e. The number of carbonyl (C=O) groups excluding carboxylic acids is 1. The summed E-state index contributed by atoms with van der Waals surface area (Å²) in [7, 11) is 0. The molecule has 2 fully saturated rings. The quantitative estimate of drug-likeness (QED) is 0.705. The van der Waals surface area contributed by atoms with Crippen LogP contribution in [0.2, 0.25) is 0 Å². The summed E-state index contributed by atoms with van der Waals surface area (Å²) in [6.45, 7) is 7.12. The molecule has 1 heterocycles. The smallest absolute Gasteiger partial charge is 0.410 e. The van der Waals surface area contributed by atoms with Gasteiger partial charge in [0.15, 0.2) is 0 Å². The van der Waals surface area contributed by atoms with Gasteiger partial charge in [-0.15, -0.1) is 0 Å². The molecule has 1 saturated carbocycles. The molecule has 1 amide bonds. The molecule has 1 aliphatic carbocycles. The normalized spacial score (nSPS) is 27.8. The average Bonchev–Trinajstić information content (AvgIpc) is 2.12. The molecule has 1 aliphatic heterocycles. The number of carbonyl (C=O) groups is 1. The van der Waals surface area contributed by atoms with Gasteiger partial charge in [0.1, 0.15) is 5.60 Å². The number of amides is 1. The maximum Gasteiger partial charge on any atom is 0.410 e. The van der Waals surface area contributed by atoms with Crippen LogP contribution in [0.5, 0.6) is 0 Å². The number of piperidine rings is 1. The maximum atomic E-state index is 11.9. The summed E-state index contributed by atoms with van der Waals surface area (Å²) in [4.78, 5) is 13.7. The molecule has 1 saturated heterocycles. The molecule has 1 atom stereocenters. The van der Waals surface area contributed by atoms with Crippen LogP contribution in [0.15, 0.2) is 0 Å². The lowest BCUT2D eigenvalue weighted by Crippen LogP contribution is -2.59. The van der Waals surface area contributed by atoms with E-state index < -0.39 is 5.60 Å². The first-order valence-corrected chi connectivity index (χ1v) is 6.56. The first kappa shape index (κ1) is 12.7. The van der Waals surface area contributed by atoms with Crippen LogP contribution in [0.3, 0.4) is 0 Å². The summed E-state index contributed by atoms with van der Waals surface area (Å²) in [5, 5.41) is 0. The van der Waals surface area contributed by atoms with Gasteiger partial charge in [-0.1, -0.05) is 6.42 Å². The first-order valence-electron chi connectivity index (χ1n) is 6.56. The van der Waals surface area contributed by atoms with Gasteiger partial charge in [0.2, 0.25) is 0 Å². The molecular weight excluding hydrogens is 216 g/mol. The van der Waals surface area contributed by atoms with Crippen molar-refractivity contribution in [2.24, 2.45) is 11.1 Å². The van der Waals surface area contributed by atoms with Crippen LogP contribution in [-0.4, -0.2) is 35.7 Å². The Bertz CT molecular complexity index is 305. The Kier molecular flexibility index (Phi) is 3.10. The highest BCUT2D eigenvalue weighted by molar-refractivity contribution is 5.68. The molecule has 0 aromatic rings. The van der Waals surface area contributed by atoms with E-state index in [0.717, 1.165) is 13.0 Å². The van der Waals surface area contributed by atoms with Crippen molar-refractivity contribution in [3.63, 3.8) is 0 Å². The van der Waals surface area contributed by atoms with Gasteiger partial charge in [-0.05, 0) is 45.4 Å². The third-order valence-corrected chi connectivity index (χ3v) is 4.08. The van der Waals surface area contributed by atoms with Crippen LogP contribution in [0.4, 0.5) is 4.79 Å². The highest BCUT2D eigenvalue weighted by Gasteiger charge is 2.46. The Morgan fingerprint density at radius 2 is 2.00 bits per heavy atom. The van der Waals surface area contributed by atoms with Crippen LogP contribution in [-0.2, 0) is 4.74 Å². The van der Waals surface area contributed by atoms with Crippen LogP contribution >= 0.6 is 0 Å². The number of likely N-dealkylation sites (tertiary alicyclic amines) is 1. The fourth-order valence-corrected chi connectivity index (χ4v) is 2.81. The van der Waals surface area contributed by atoms with E-state index in [2.05, 4.69) is 0 Å². The molecule has 0 aromatic heterocycles. The molecule has 2 aliphatic rings. The summed E-state index contributed by atoms with van der Waals surface area (Å²) in [6, 6.07) is 0.123. The molecule has 4 nitrogen and oxygen atoms in total. The van der Waals surface area contributed by atoms with E-state index in [-0.39, 0.29) is 12.1 Å². The zero-order chi connectivity index (χ0) is 12.7. The van der Waals surface area contributed by atoms with Gasteiger partial charge in [-0.3, -0.25) is 0 Å². The molecule has 2 rings (SSSR count). The Labute approximate surface area is 103 Å². The molecule has 1 unspecified atom stereocenters. The first-order chi connectivity index (χ1) is 7.82. The summed E-state index contributed by atoms with van der Waals surface area (Å²) in [5.41, 5.74) is 6.13. The van der Waals surface area contributed by atoms with Gasteiger partial charge in [-0.2, -0.15) is 0 Å². The largest absolute Gasteiger partial charge is 0.444 e. The highest BCUT2D eigenvalue weighted by atomic mass is 16.6. The van der Waals surface area contributed by atoms with Crippen molar-refractivity contribution in [1.82, 2.24) is 4.90 Å². The molecule has 17 heavy (non-hydrogen) atoms. The van der Waals surface area contributed by atoms with E-state index in [1.807, 2.05) is 20.8 Å². The molecule has 2 N–H and O–H groups in total. The van der Waals surface area contributed by atoms with Crippen molar-refractivity contribution >= 4 is 6.09 Å². The van der Waals surface area contributed by atoms with E-state index in [9.17, 15) is 4.79 Å². The summed E-state index contributed by atoms with van der Waals surface area (Å²) in [6.07, 6.45) is 4.57. The Morgan fingerprint density at radius 1 is 1.35 bits per heavy atom. The van der Waals surface area contributed by atoms with Gasteiger partial charge in [-0.25, -0.2) is 4.79 Å². The lowest BCUT2D eigenvalue weighted by Gasteiger charge is -2.51. The standard InChI is InChI=1S/C13H24N2O2/c1-12(2,3)17-11(16)15-8-7-13(5-4-6-13)10(14)9-15/h10H,4-9,14H2,1-3H3. The monoisotopic (exact) mass is 240 g/mol. The predicted molar refractivity (Wildman–Crippen MR) is 66.7 cm³/mol. The van der Waals surface area contributed by atoms with Gasteiger partial charge >= 0.3 is 6.09 Å². The maximum absolute atomic E-state index is 11.9. The zero-order valence-corrected chi connectivity index (χ0v) is 11.2. The molecule has 0 aromatic carbocycles. The minimum absolute atomic E-state index is 0.123. The molecule has 4 heteroatoms. The molecule has 0 radical (unpaired) electrons. The zero-order valence-electron chi connectivity index (χ0n) is 11.2. The van der Waals surface area contributed by atoms with Gasteiger partial charge in [0.05, 0.1) is 0 Å². The second-order valence-corrected chi connectivity index (χ2v) is 6.50. The van der Waals surface area contributed by atoms with Crippen LogP contribution in [0.1, 0.15) is 46.5 Å². The number of nitrogens with zero attached hydrogens (tertiary/aromatic N) is 1. The van der Waals surface area contributed by atoms with E-state index >= 15 is 0 Å². The Morgan fingerprint density at radius 3 is 2.41 bits per heavy atom. The molecular formula is C13H24N2O2. The van der Waals surface area contributed by atoms with E-state index in [4.69, 9.17) is 10.5 Å². The summed E-state index contributed by atoms with van der Waals surface area (Å²) in [5.74, 6) is 0. The number of ether oxygens (including phenoxy) is 1. The predicted octanol–water partition coefficient (Wildman–Crippen LogP) is 2.12. The second-order valence-electron chi connectivity index (χ2n) is 6.50. The van der Waals surface area contributed by atoms with Crippen molar-refractivity contribution in [1.29, 1.82) is 0 Å². The van der Waals surface area contributed by atoms with Crippen molar-refractivity contribution < 1.29 is 9.53 Å². The lowest BCUT2D eigenvalue weighted by molar-refractivity contribution is -0.0158. The van der Waals surface area contributed by atoms with Gasteiger partial charge in [0.25, 0.3) is 0 Å². The SMILES string of the molecule is CC(C)(C)OC(=O)N1CCC2(CCC2)C(N)C1. The topological polar surface area (TPSA) is 55.6 Å². The number of hydrogen-bond donors (Lipinski definition) is 1. The number of rotatable bonds is 0. The highest BCUT2D eigenvalue weighted by Crippen LogP contribution is 2.48. The van der Waals surface area contributed by atoms with E-state index in [1.54, 1.807) is 4.90 Å². The third-order valence-electron chi connectivity index (χ3n) is 4.08. The van der Waals surface area contributed by atoms with E-state index in [1.165, 1.54) is 19.3 Å². The Balaban J connectivity index is 1.91. The van der Waals surface area contributed by atoms with E-state index in [0.29, 0.717) is 12.0 Å². The fourth-order valence-electron chi connectivity index (χ4n) is 2.81. The van der Waals surface area contributed by atoms with Crippen LogP contribution in [0, 0.1) is 5.41 Å². The third kappa shape index (κ3) is 2.57. The molecule has 98 valence electrons. The van der Waals surface area contributed by atoms with Crippen molar-refractivity contribution in [3.8, 4) is 0 Å². The Hall–Kier alpha value is -0.770. The second kappa shape index (κ2) is 4.16. The van der Waals surface area contributed by atoms with Crippen molar-refractivity contribution in [3.05, 3.63) is 0 Å². The molecule has 0 bridgehead atoms. The van der Waals surface area contributed by atoms with Gasteiger partial charge < -0.3 is 15.4 Å². The minimum atomic E-state index is -0.424. The fraction of sp³-hybridized carbons (Fsp3) is 0.923. The summed E-state index contributed by atoms with van der Waals surface area (Å²) >= 11 is 0. The number of nitrogens with two attached hydrogens (primary N) is 1. The molecule has 1 spiro atoms. The lowest BCUT2D eigenvalue weighted by atomic mass is 9.61. The van der Waals surface area contributed by atoms with Crippen molar-refractivity contribution in [2.75, 3.05) is 13.1 Å². The van der Waals surface area contributed by atoms with Crippen molar-refractivity contribution in [2.45, 2.75) is 58.1 Å². The average molecular weight is 240 g/mol. The van der Waals surface area contributed by atoms with Gasteiger partial charge in [0, 0.05) is 19.1 Å². The van der Waals surface area contributed by atoms with Crippen LogP contribution < -0.4 is 5.73 Å². The number of hydrogen-bond acceptors (Lipinski definition) is 3. The van der Waals surface area contributed by atoms with Crippen LogP contribution in [0.25, 0.3) is 0 Å². The summed E-state index contributed by atoms with van der Waals surface area (Å²) < 4.78 is 5.38.